The van der Waals surface area contributed by atoms with Gasteiger partial charge in [-0.1, -0.05) is 92.4 Å². The van der Waals surface area contributed by atoms with Crippen LogP contribution in [-0.2, 0) is 4.43 Å². The van der Waals surface area contributed by atoms with E-state index in [1.165, 1.54) is 64.2 Å². The molecule has 0 aliphatic rings. The zero-order valence-electron chi connectivity index (χ0n) is 16.8. The van der Waals surface area contributed by atoms with Gasteiger partial charge in [-0.15, -0.1) is 0 Å². The monoisotopic (exact) mass is 328 g/mol. The van der Waals surface area contributed by atoms with E-state index in [9.17, 15) is 0 Å². The summed E-state index contributed by atoms with van der Waals surface area (Å²) in [6, 6.07) is 0. The maximum absolute atomic E-state index is 6.29. The molecule has 0 amide bonds. The van der Waals surface area contributed by atoms with E-state index < -0.39 is 8.32 Å². The molecular formula is C20H44OSi. The molecule has 0 radical (unpaired) electrons. The van der Waals surface area contributed by atoms with Crippen LogP contribution in [0.3, 0.4) is 0 Å². The van der Waals surface area contributed by atoms with Crippen LogP contribution >= 0.6 is 0 Å². The molecule has 0 aromatic heterocycles. The molecule has 0 unspecified atom stereocenters. The molecule has 0 aliphatic heterocycles. The van der Waals surface area contributed by atoms with Crippen molar-refractivity contribution in [2.75, 3.05) is 6.61 Å². The van der Waals surface area contributed by atoms with Crippen molar-refractivity contribution in [3.63, 3.8) is 0 Å². The second kappa shape index (κ2) is 11.7. The van der Waals surface area contributed by atoms with Crippen molar-refractivity contribution in [2.24, 2.45) is 5.92 Å². The van der Waals surface area contributed by atoms with Crippen LogP contribution in [0.4, 0.5) is 0 Å². The molecule has 0 aromatic carbocycles. The quantitative estimate of drug-likeness (QED) is 0.250. The maximum atomic E-state index is 6.29. The normalized spacial score (nSPS) is 14.3. The number of unbranched alkanes of at least 4 members (excludes halogenated alkanes) is 7. The van der Waals surface area contributed by atoms with Gasteiger partial charge in [-0.2, -0.15) is 0 Å². The third kappa shape index (κ3) is 10.8. The molecular weight excluding hydrogens is 284 g/mol. The van der Waals surface area contributed by atoms with Gasteiger partial charge in [0.15, 0.2) is 8.32 Å². The molecule has 0 aromatic rings. The van der Waals surface area contributed by atoms with Crippen molar-refractivity contribution >= 4 is 8.32 Å². The van der Waals surface area contributed by atoms with Crippen molar-refractivity contribution in [2.45, 2.75) is 117 Å². The first-order valence-corrected chi connectivity index (χ1v) is 12.8. The highest BCUT2D eigenvalue weighted by atomic mass is 28.4. The zero-order chi connectivity index (χ0) is 17.1. The van der Waals surface area contributed by atoms with Crippen LogP contribution in [0.25, 0.3) is 0 Å². The highest BCUT2D eigenvalue weighted by molar-refractivity contribution is 6.74. The fourth-order valence-corrected chi connectivity index (χ4v) is 3.56. The highest BCUT2D eigenvalue weighted by Crippen LogP contribution is 2.36. The first-order valence-electron chi connectivity index (χ1n) is 9.84. The van der Waals surface area contributed by atoms with Crippen LogP contribution < -0.4 is 0 Å². The van der Waals surface area contributed by atoms with E-state index in [0.717, 1.165) is 12.5 Å². The molecule has 0 heterocycles. The maximum Gasteiger partial charge on any atom is 0.191 e. The van der Waals surface area contributed by atoms with Crippen LogP contribution in [0.5, 0.6) is 0 Å². The van der Waals surface area contributed by atoms with Gasteiger partial charge in [0.2, 0.25) is 0 Å². The Kier molecular flexibility index (Phi) is 11.8. The van der Waals surface area contributed by atoms with Gasteiger partial charge in [0, 0.05) is 6.61 Å². The second-order valence-corrected chi connectivity index (χ2v) is 13.6. The van der Waals surface area contributed by atoms with Gasteiger partial charge in [0.05, 0.1) is 0 Å². The minimum atomic E-state index is -1.53. The number of hydrogen-bond acceptors (Lipinski definition) is 1. The lowest BCUT2D eigenvalue weighted by atomic mass is 9.99. The highest BCUT2D eigenvalue weighted by Gasteiger charge is 2.36. The van der Waals surface area contributed by atoms with Gasteiger partial charge < -0.3 is 4.43 Å². The Balaban J connectivity index is 3.53. The molecule has 0 bridgehead atoms. The Bertz CT molecular complexity index is 255. The summed E-state index contributed by atoms with van der Waals surface area (Å²) in [4.78, 5) is 0. The summed E-state index contributed by atoms with van der Waals surface area (Å²) in [5.74, 6) is 0.824. The lowest BCUT2D eigenvalue weighted by molar-refractivity contribution is 0.254. The molecule has 2 heteroatoms. The van der Waals surface area contributed by atoms with Crippen LogP contribution in [0.2, 0.25) is 18.1 Å². The smallest absolute Gasteiger partial charge is 0.191 e. The van der Waals surface area contributed by atoms with E-state index >= 15 is 0 Å². The number of rotatable bonds is 13. The Morgan fingerprint density at radius 2 is 1.32 bits per heavy atom. The summed E-state index contributed by atoms with van der Waals surface area (Å²) in [5, 5.41) is 0.341. The largest absolute Gasteiger partial charge is 0.417 e. The van der Waals surface area contributed by atoms with Crippen LogP contribution in [-0.4, -0.2) is 14.9 Å². The van der Waals surface area contributed by atoms with Crippen molar-refractivity contribution < 1.29 is 4.43 Å². The van der Waals surface area contributed by atoms with E-state index in [1.54, 1.807) is 0 Å². The Morgan fingerprint density at radius 1 is 0.818 bits per heavy atom. The van der Waals surface area contributed by atoms with Crippen molar-refractivity contribution in [3.8, 4) is 0 Å². The predicted molar refractivity (Wildman–Crippen MR) is 104 cm³/mol. The SMILES string of the molecule is CCCCCCCCCC[C@@H](C)CCO[Si](C)(C)C(C)(C)C. The van der Waals surface area contributed by atoms with Gasteiger partial charge in [0.25, 0.3) is 0 Å². The summed E-state index contributed by atoms with van der Waals surface area (Å²) in [6.45, 7) is 17.3. The third-order valence-electron chi connectivity index (χ3n) is 5.43. The van der Waals surface area contributed by atoms with E-state index in [4.69, 9.17) is 4.43 Å². The molecule has 0 saturated heterocycles. The second-order valence-electron chi connectivity index (χ2n) is 8.77. The molecule has 0 N–H and O–H groups in total. The molecule has 0 aliphatic carbocycles. The molecule has 1 atom stereocenters. The standard InChI is InChI=1S/C20H44OSi/c1-8-9-10-11-12-13-14-15-16-19(2)17-18-21-22(6,7)20(3,4)5/h19H,8-18H2,1-7H3/t19-/m1/s1. The topological polar surface area (TPSA) is 9.23 Å². The van der Waals surface area contributed by atoms with Crippen LogP contribution in [0.15, 0.2) is 0 Å². The Morgan fingerprint density at radius 3 is 1.82 bits per heavy atom. The molecule has 0 fully saturated rings. The average molecular weight is 329 g/mol. The minimum absolute atomic E-state index is 0.341. The first-order chi connectivity index (χ1) is 10.2. The zero-order valence-corrected chi connectivity index (χ0v) is 17.8. The summed E-state index contributed by atoms with van der Waals surface area (Å²) in [6.07, 6.45) is 14.0. The molecule has 0 rings (SSSR count). The Labute approximate surface area is 142 Å². The van der Waals surface area contributed by atoms with Gasteiger partial charge in [-0.05, 0) is 30.5 Å². The lowest BCUT2D eigenvalue weighted by Gasteiger charge is -2.36. The fraction of sp³-hybridized carbons (Fsp3) is 1.00. The van der Waals surface area contributed by atoms with Crippen LogP contribution in [0.1, 0.15) is 98.8 Å². The molecule has 0 saturated carbocycles. The van der Waals surface area contributed by atoms with E-state index in [-0.39, 0.29) is 0 Å². The van der Waals surface area contributed by atoms with Crippen molar-refractivity contribution in [1.82, 2.24) is 0 Å². The van der Waals surface area contributed by atoms with Gasteiger partial charge in [-0.25, -0.2) is 0 Å². The summed E-state index contributed by atoms with van der Waals surface area (Å²) in [5.41, 5.74) is 0. The van der Waals surface area contributed by atoms with Gasteiger partial charge in [-0.3, -0.25) is 0 Å². The fourth-order valence-electron chi connectivity index (χ4n) is 2.50. The average Bonchev–Trinajstić information content (AvgIpc) is 2.40. The molecule has 22 heavy (non-hydrogen) atoms. The molecule has 1 nitrogen and oxygen atoms in total. The summed E-state index contributed by atoms with van der Waals surface area (Å²) >= 11 is 0. The Hall–Kier alpha value is 0.177. The van der Waals surface area contributed by atoms with Crippen molar-refractivity contribution in [1.29, 1.82) is 0 Å². The predicted octanol–water partition coefficient (Wildman–Crippen LogP) is 7.57. The molecule has 0 spiro atoms. The summed E-state index contributed by atoms with van der Waals surface area (Å²) < 4.78 is 6.29. The van der Waals surface area contributed by atoms with E-state index in [0.29, 0.717) is 5.04 Å². The number of hydrogen-bond donors (Lipinski definition) is 0. The van der Waals surface area contributed by atoms with E-state index in [2.05, 4.69) is 47.7 Å². The third-order valence-corrected chi connectivity index (χ3v) is 9.97. The van der Waals surface area contributed by atoms with E-state index in [1.807, 2.05) is 0 Å². The van der Waals surface area contributed by atoms with Gasteiger partial charge >= 0.3 is 0 Å². The summed E-state index contributed by atoms with van der Waals surface area (Å²) in [7, 11) is -1.53. The minimum Gasteiger partial charge on any atom is -0.417 e. The molecule has 134 valence electrons. The van der Waals surface area contributed by atoms with Gasteiger partial charge in [0.1, 0.15) is 0 Å². The lowest BCUT2D eigenvalue weighted by Crippen LogP contribution is -2.41. The first kappa shape index (κ1) is 22.2. The van der Waals surface area contributed by atoms with Crippen molar-refractivity contribution in [3.05, 3.63) is 0 Å². The van der Waals surface area contributed by atoms with Crippen LogP contribution in [0, 0.1) is 5.92 Å².